The number of esters is 1. The van der Waals surface area contributed by atoms with Gasteiger partial charge in [0.25, 0.3) is 0 Å². The zero-order valence-electron chi connectivity index (χ0n) is 10.9. The third-order valence-corrected chi connectivity index (χ3v) is 2.65. The number of ether oxygens (including phenoxy) is 2. The summed E-state index contributed by atoms with van der Waals surface area (Å²) >= 11 is 0. The third kappa shape index (κ3) is 4.22. The molecule has 1 atom stereocenters. The fourth-order valence-corrected chi connectivity index (χ4v) is 1.58. The van der Waals surface area contributed by atoms with Crippen molar-refractivity contribution in [3.8, 4) is 0 Å². The zero-order valence-corrected chi connectivity index (χ0v) is 10.9. The molecule has 1 N–H and O–H groups in total. The molecule has 1 aromatic heterocycles. The summed E-state index contributed by atoms with van der Waals surface area (Å²) in [5.74, 6) is -0.443. The maximum Gasteiger partial charge on any atom is 0.374 e. The van der Waals surface area contributed by atoms with Gasteiger partial charge < -0.3 is 19.0 Å². The Morgan fingerprint density at radius 3 is 2.65 bits per heavy atom. The topological polar surface area (TPSA) is 68.9 Å². The average molecular weight is 276 g/mol. The van der Waals surface area contributed by atoms with Crippen LogP contribution in [-0.4, -0.2) is 30.4 Å². The molecule has 0 aliphatic carbocycles. The Morgan fingerprint density at radius 1 is 1.20 bits per heavy atom. The Balaban J connectivity index is 1.76. The minimum Gasteiger partial charge on any atom is -0.457 e. The number of aliphatic hydroxyl groups excluding tert-OH is 1. The van der Waals surface area contributed by atoms with Crippen LogP contribution in [0.1, 0.15) is 16.1 Å². The summed E-state index contributed by atoms with van der Waals surface area (Å²) in [7, 11) is 0. The number of carbonyl (C=O) groups is 1. The predicted molar refractivity (Wildman–Crippen MR) is 71.1 cm³/mol. The number of carbonyl (C=O) groups excluding carboxylic acids is 1. The molecule has 0 spiro atoms. The summed E-state index contributed by atoms with van der Waals surface area (Å²) in [6, 6.07) is 12.7. The lowest BCUT2D eigenvalue weighted by Gasteiger charge is -2.15. The van der Waals surface area contributed by atoms with Gasteiger partial charge in [0.15, 0.2) is 0 Å². The highest BCUT2D eigenvalue weighted by Crippen LogP contribution is 2.06. The fourth-order valence-electron chi connectivity index (χ4n) is 1.58. The van der Waals surface area contributed by atoms with Gasteiger partial charge >= 0.3 is 5.97 Å². The first kappa shape index (κ1) is 14.3. The van der Waals surface area contributed by atoms with Crippen molar-refractivity contribution in [2.45, 2.75) is 12.7 Å². The molecule has 20 heavy (non-hydrogen) atoms. The fraction of sp³-hybridized carbons (Fsp3) is 0.267. The van der Waals surface area contributed by atoms with Crippen LogP contribution < -0.4 is 0 Å². The molecule has 5 heteroatoms. The number of benzene rings is 1. The standard InChI is InChI=1S/C15H16O5/c16-9-13(19-10-12-5-2-1-3-6-12)11-20-15(17)14-7-4-8-18-14/h1-8,13,16H,9-11H2. The third-order valence-electron chi connectivity index (χ3n) is 2.65. The first-order valence-electron chi connectivity index (χ1n) is 6.26. The summed E-state index contributed by atoms with van der Waals surface area (Å²) in [4.78, 5) is 11.5. The summed E-state index contributed by atoms with van der Waals surface area (Å²) in [6.07, 6.45) is 0.834. The number of hydrogen-bond acceptors (Lipinski definition) is 5. The van der Waals surface area contributed by atoms with Gasteiger partial charge in [0.1, 0.15) is 12.7 Å². The van der Waals surface area contributed by atoms with Gasteiger partial charge in [-0.25, -0.2) is 4.79 Å². The lowest BCUT2D eigenvalue weighted by Crippen LogP contribution is -2.25. The van der Waals surface area contributed by atoms with Crippen LogP contribution in [0.25, 0.3) is 0 Å². The number of furan rings is 1. The van der Waals surface area contributed by atoms with E-state index in [1.165, 1.54) is 12.3 Å². The molecule has 0 radical (unpaired) electrons. The molecule has 1 aromatic carbocycles. The average Bonchev–Trinajstić information content (AvgIpc) is 3.02. The van der Waals surface area contributed by atoms with Gasteiger partial charge in [0.2, 0.25) is 5.76 Å². The van der Waals surface area contributed by atoms with Crippen LogP contribution in [0.3, 0.4) is 0 Å². The Bertz CT molecular complexity index is 506. The van der Waals surface area contributed by atoms with Crippen LogP contribution in [0, 0.1) is 0 Å². The summed E-state index contributed by atoms with van der Waals surface area (Å²) < 4.78 is 15.4. The highest BCUT2D eigenvalue weighted by Gasteiger charge is 2.14. The van der Waals surface area contributed by atoms with E-state index in [1.54, 1.807) is 6.07 Å². The van der Waals surface area contributed by atoms with Crippen LogP contribution in [0.5, 0.6) is 0 Å². The molecule has 2 rings (SSSR count). The first-order valence-corrected chi connectivity index (χ1v) is 6.26. The Labute approximate surface area is 116 Å². The maximum atomic E-state index is 11.5. The van der Waals surface area contributed by atoms with Crippen molar-refractivity contribution in [2.24, 2.45) is 0 Å². The summed E-state index contributed by atoms with van der Waals surface area (Å²) in [6.45, 7) is 0.103. The Kier molecular flexibility index (Phi) is 5.34. The molecule has 0 amide bonds. The van der Waals surface area contributed by atoms with E-state index in [-0.39, 0.29) is 19.0 Å². The summed E-state index contributed by atoms with van der Waals surface area (Å²) in [5, 5.41) is 9.21. The smallest absolute Gasteiger partial charge is 0.374 e. The predicted octanol–water partition coefficient (Wildman–Crippen LogP) is 2.01. The van der Waals surface area contributed by atoms with E-state index < -0.39 is 12.1 Å². The monoisotopic (exact) mass is 276 g/mol. The van der Waals surface area contributed by atoms with E-state index in [9.17, 15) is 9.90 Å². The van der Waals surface area contributed by atoms with Crippen LogP contribution in [-0.2, 0) is 16.1 Å². The molecule has 0 bridgehead atoms. The van der Waals surface area contributed by atoms with Gasteiger partial charge in [0.05, 0.1) is 19.5 Å². The molecule has 1 heterocycles. The normalized spacial score (nSPS) is 12.1. The van der Waals surface area contributed by atoms with Crippen molar-refractivity contribution >= 4 is 5.97 Å². The molecule has 106 valence electrons. The minimum absolute atomic E-state index is 0.0249. The van der Waals surface area contributed by atoms with Crippen LogP contribution in [0.2, 0.25) is 0 Å². The summed E-state index contributed by atoms with van der Waals surface area (Å²) in [5.41, 5.74) is 0.989. The number of aliphatic hydroxyl groups is 1. The first-order chi connectivity index (χ1) is 9.79. The van der Waals surface area contributed by atoms with Crippen LogP contribution >= 0.6 is 0 Å². The molecular formula is C15H16O5. The van der Waals surface area contributed by atoms with Gasteiger partial charge in [-0.2, -0.15) is 0 Å². The van der Waals surface area contributed by atoms with Crippen molar-refractivity contribution in [3.63, 3.8) is 0 Å². The van der Waals surface area contributed by atoms with E-state index >= 15 is 0 Å². The van der Waals surface area contributed by atoms with Crippen molar-refractivity contribution < 1.29 is 23.8 Å². The molecule has 0 aliphatic rings. The minimum atomic E-state index is -0.572. The molecular weight excluding hydrogens is 260 g/mol. The lowest BCUT2D eigenvalue weighted by atomic mass is 10.2. The molecule has 2 aromatic rings. The molecule has 0 saturated carbocycles. The van der Waals surface area contributed by atoms with Gasteiger partial charge in [-0.15, -0.1) is 0 Å². The number of rotatable bonds is 7. The van der Waals surface area contributed by atoms with E-state index in [0.717, 1.165) is 5.56 Å². The highest BCUT2D eigenvalue weighted by atomic mass is 16.6. The number of hydrogen-bond donors (Lipinski definition) is 1. The van der Waals surface area contributed by atoms with E-state index in [0.29, 0.717) is 6.61 Å². The van der Waals surface area contributed by atoms with E-state index in [2.05, 4.69) is 0 Å². The zero-order chi connectivity index (χ0) is 14.2. The van der Waals surface area contributed by atoms with Crippen molar-refractivity contribution in [3.05, 3.63) is 60.1 Å². The van der Waals surface area contributed by atoms with Crippen LogP contribution in [0.15, 0.2) is 53.1 Å². The second kappa shape index (κ2) is 7.47. The van der Waals surface area contributed by atoms with Crippen molar-refractivity contribution in [1.82, 2.24) is 0 Å². The SMILES string of the molecule is O=C(OCC(CO)OCc1ccccc1)c1ccco1. The van der Waals surface area contributed by atoms with Gasteiger partial charge in [-0.05, 0) is 17.7 Å². The molecule has 1 unspecified atom stereocenters. The molecule has 5 nitrogen and oxygen atoms in total. The van der Waals surface area contributed by atoms with Gasteiger partial charge in [-0.1, -0.05) is 30.3 Å². The molecule has 0 fully saturated rings. The van der Waals surface area contributed by atoms with Crippen molar-refractivity contribution in [1.29, 1.82) is 0 Å². The van der Waals surface area contributed by atoms with Gasteiger partial charge in [-0.3, -0.25) is 0 Å². The Hall–Kier alpha value is -2.11. The second-order valence-electron chi connectivity index (χ2n) is 4.18. The Morgan fingerprint density at radius 2 is 2.00 bits per heavy atom. The van der Waals surface area contributed by atoms with E-state index in [1.807, 2.05) is 30.3 Å². The quantitative estimate of drug-likeness (QED) is 0.783. The largest absolute Gasteiger partial charge is 0.457 e. The van der Waals surface area contributed by atoms with Crippen molar-refractivity contribution in [2.75, 3.05) is 13.2 Å². The second-order valence-corrected chi connectivity index (χ2v) is 4.18. The van der Waals surface area contributed by atoms with Gasteiger partial charge in [0, 0.05) is 0 Å². The maximum absolute atomic E-state index is 11.5. The van der Waals surface area contributed by atoms with Crippen LogP contribution in [0.4, 0.5) is 0 Å². The lowest BCUT2D eigenvalue weighted by molar-refractivity contribution is -0.0397. The molecule has 0 aliphatic heterocycles. The molecule has 0 saturated heterocycles. The van der Waals surface area contributed by atoms with E-state index in [4.69, 9.17) is 13.9 Å². The highest BCUT2D eigenvalue weighted by molar-refractivity contribution is 5.86.